The van der Waals surface area contributed by atoms with E-state index < -0.39 is 0 Å². The highest BCUT2D eigenvalue weighted by Gasteiger charge is 2.25. The summed E-state index contributed by atoms with van der Waals surface area (Å²) in [6.45, 7) is 9.22. The van der Waals surface area contributed by atoms with Gasteiger partial charge in [-0.2, -0.15) is 0 Å². The summed E-state index contributed by atoms with van der Waals surface area (Å²) in [5.74, 6) is 1.70. The van der Waals surface area contributed by atoms with Crippen molar-refractivity contribution in [1.29, 1.82) is 0 Å². The quantitative estimate of drug-likeness (QED) is 0.845. The van der Waals surface area contributed by atoms with E-state index >= 15 is 0 Å². The first kappa shape index (κ1) is 16.3. The Morgan fingerprint density at radius 3 is 2.62 bits per heavy atom. The third-order valence-corrected chi connectivity index (χ3v) is 4.86. The van der Waals surface area contributed by atoms with Gasteiger partial charge >= 0.3 is 0 Å². The predicted octanol–water partition coefficient (Wildman–Crippen LogP) is 1.09. The molecule has 0 spiro atoms. The van der Waals surface area contributed by atoms with Crippen LogP contribution in [0.25, 0.3) is 0 Å². The first-order chi connectivity index (χ1) is 10.1. The molecule has 0 saturated carbocycles. The number of hydrogen-bond donors (Lipinski definition) is 1. The molecule has 0 radical (unpaired) electrons. The average Bonchev–Trinajstić information content (AvgIpc) is 2.68. The van der Waals surface area contributed by atoms with Crippen molar-refractivity contribution in [3.63, 3.8) is 0 Å². The highest BCUT2D eigenvalue weighted by atomic mass is 16.2. The normalized spacial score (nSPS) is 24.3. The highest BCUT2D eigenvalue weighted by Crippen LogP contribution is 2.25. The molecule has 5 nitrogen and oxygen atoms in total. The maximum Gasteiger partial charge on any atom is 0.224 e. The van der Waals surface area contributed by atoms with E-state index in [0.29, 0.717) is 31.2 Å². The van der Waals surface area contributed by atoms with Crippen molar-refractivity contribution in [3.05, 3.63) is 0 Å². The van der Waals surface area contributed by atoms with Gasteiger partial charge in [-0.1, -0.05) is 13.8 Å². The van der Waals surface area contributed by atoms with Gasteiger partial charge in [-0.15, -0.1) is 0 Å². The van der Waals surface area contributed by atoms with Gasteiger partial charge in [-0.25, -0.2) is 0 Å². The molecule has 2 amide bonds. The van der Waals surface area contributed by atoms with E-state index in [-0.39, 0.29) is 11.8 Å². The summed E-state index contributed by atoms with van der Waals surface area (Å²) in [6, 6.07) is 0. The number of nitrogens with one attached hydrogen (secondary N) is 1. The zero-order valence-electron chi connectivity index (χ0n) is 13.4. The predicted molar refractivity (Wildman–Crippen MR) is 82.8 cm³/mol. The van der Waals surface area contributed by atoms with E-state index in [1.54, 1.807) is 0 Å². The Kier molecular flexibility index (Phi) is 6.03. The molecule has 2 fully saturated rings. The lowest BCUT2D eigenvalue weighted by atomic mass is 9.89. The number of hydrogen-bond acceptors (Lipinski definition) is 3. The molecule has 1 atom stereocenters. The summed E-state index contributed by atoms with van der Waals surface area (Å²) in [7, 11) is 0. The van der Waals surface area contributed by atoms with Crippen molar-refractivity contribution >= 4 is 11.8 Å². The third-order valence-electron chi connectivity index (χ3n) is 4.86. The van der Waals surface area contributed by atoms with Crippen LogP contribution >= 0.6 is 0 Å². The van der Waals surface area contributed by atoms with Crippen LogP contribution in [0.3, 0.4) is 0 Å². The molecule has 5 heteroatoms. The molecule has 0 aromatic heterocycles. The smallest absolute Gasteiger partial charge is 0.224 e. The monoisotopic (exact) mass is 295 g/mol. The summed E-state index contributed by atoms with van der Waals surface area (Å²) in [5.41, 5.74) is 0. The summed E-state index contributed by atoms with van der Waals surface area (Å²) in [4.78, 5) is 28.1. The molecule has 2 saturated heterocycles. The van der Waals surface area contributed by atoms with E-state index in [0.717, 1.165) is 45.6 Å². The van der Waals surface area contributed by atoms with Crippen LogP contribution in [0.5, 0.6) is 0 Å². The molecule has 0 aromatic carbocycles. The molecule has 21 heavy (non-hydrogen) atoms. The fourth-order valence-electron chi connectivity index (χ4n) is 3.26. The first-order valence-corrected chi connectivity index (χ1v) is 8.34. The Morgan fingerprint density at radius 2 is 1.95 bits per heavy atom. The summed E-state index contributed by atoms with van der Waals surface area (Å²) in [6.07, 6.45) is 3.19. The van der Waals surface area contributed by atoms with Gasteiger partial charge in [0.25, 0.3) is 0 Å². The lowest BCUT2D eigenvalue weighted by Crippen LogP contribution is -2.47. The zero-order valence-corrected chi connectivity index (χ0v) is 13.4. The molecule has 120 valence electrons. The molecule has 0 aromatic rings. The van der Waals surface area contributed by atoms with E-state index in [4.69, 9.17) is 0 Å². The summed E-state index contributed by atoms with van der Waals surface area (Å²) in [5, 5.41) is 3.25. The van der Waals surface area contributed by atoms with Crippen LogP contribution < -0.4 is 5.32 Å². The molecule has 1 unspecified atom stereocenters. The van der Waals surface area contributed by atoms with Gasteiger partial charge in [0, 0.05) is 52.1 Å². The van der Waals surface area contributed by atoms with Gasteiger partial charge in [0.2, 0.25) is 11.8 Å². The SMILES string of the molecule is CC(C)C1CCC(=O)N(CCC(=O)N2CCNCC2)CC1. The van der Waals surface area contributed by atoms with Gasteiger partial charge in [-0.05, 0) is 24.7 Å². The minimum Gasteiger partial charge on any atom is -0.342 e. The molecule has 2 aliphatic rings. The van der Waals surface area contributed by atoms with E-state index in [2.05, 4.69) is 19.2 Å². The standard InChI is InChI=1S/C16H29N3O2/c1-13(2)14-3-4-15(20)18(9-5-14)10-6-16(21)19-11-7-17-8-12-19/h13-14,17H,3-12H2,1-2H3. The second-order valence-electron chi connectivity index (χ2n) is 6.59. The number of amides is 2. The Morgan fingerprint density at radius 1 is 1.24 bits per heavy atom. The minimum absolute atomic E-state index is 0.189. The van der Waals surface area contributed by atoms with Crippen LogP contribution in [0, 0.1) is 11.8 Å². The van der Waals surface area contributed by atoms with Crippen LogP contribution in [-0.4, -0.2) is 60.9 Å². The van der Waals surface area contributed by atoms with Crippen molar-refractivity contribution in [3.8, 4) is 0 Å². The summed E-state index contributed by atoms with van der Waals surface area (Å²) < 4.78 is 0. The van der Waals surface area contributed by atoms with Crippen LogP contribution in [-0.2, 0) is 9.59 Å². The Bertz CT molecular complexity index is 365. The van der Waals surface area contributed by atoms with Gasteiger partial charge in [0.1, 0.15) is 0 Å². The number of likely N-dealkylation sites (tertiary alicyclic amines) is 1. The Labute approximate surface area is 128 Å². The number of carbonyl (C=O) groups is 2. The second kappa shape index (κ2) is 7.78. The lowest BCUT2D eigenvalue weighted by Gasteiger charge is -2.28. The number of piperazine rings is 1. The number of nitrogens with zero attached hydrogens (tertiary/aromatic N) is 2. The van der Waals surface area contributed by atoms with E-state index in [9.17, 15) is 9.59 Å². The molecule has 2 heterocycles. The fourth-order valence-corrected chi connectivity index (χ4v) is 3.26. The maximum absolute atomic E-state index is 12.2. The van der Waals surface area contributed by atoms with Gasteiger partial charge < -0.3 is 15.1 Å². The van der Waals surface area contributed by atoms with Gasteiger partial charge in [0.15, 0.2) is 0 Å². The zero-order chi connectivity index (χ0) is 15.2. The van der Waals surface area contributed by atoms with E-state index in [1.807, 2.05) is 9.80 Å². The lowest BCUT2D eigenvalue weighted by molar-refractivity contribution is -0.134. The van der Waals surface area contributed by atoms with Crippen LogP contribution in [0.15, 0.2) is 0 Å². The first-order valence-electron chi connectivity index (χ1n) is 8.34. The Hall–Kier alpha value is -1.10. The van der Waals surface area contributed by atoms with Gasteiger partial charge in [0.05, 0.1) is 0 Å². The number of rotatable bonds is 4. The van der Waals surface area contributed by atoms with Crippen molar-refractivity contribution in [2.75, 3.05) is 39.3 Å². The maximum atomic E-state index is 12.2. The largest absolute Gasteiger partial charge is 0.342 e. The molecule has 0 aliphatic carbocycles. The van der Waals surface area contributed by atoms with Crippen LogP contribution in [0.2, 0.25) is 0 Å². The van der Waals surface area contributed by atoms with Crippen LogP contribution in [0.4, 0.5) is 0 Å². The molecular weight excluding hydrogens is 266 g/mol. The van der Waals surface area contributed by atoms with Crippen molar-refractivity contribution in [2.24, 2.45) is 11.8 Å². The molecule has 2 rings (SSSR count). The highest BCUT2D eigenvalue weighted by molar-refractivity contribution is 5.79. The molecular formula is C16H29N3O2. The molecule has 2 aliphatic heterocycles. The Balaban J connectivity index is 1.78. The van der Waals surface area contributed by atoms with E-state index in [1.165, 1.54) is 0 Å². The van der Waals surface area contributed by atoms with Gasteiger partial charge in [-0.3, -0.25) is 9.59 Å². The molecule has 1 N–H and O–H groups in total. The average molecular weight is 295 g/mol. The van der Waals surface area contributed by atoms with Crippen molar-refractivity contribution in [1.82, 2.24) is 15.1 Å². The van der Waals surface area contributed by atoms with Crippen LogP contribution in [0.1, 0.15) is 39.5 Å². The molecule has 0 bridgehead atoms. The van der Waals surface area contributed by atoms with Crippen molar-refractivity contribution in [2.45, 2.75) is 39.5 Å². The third kappa shape index (κ3) is 4.70. The second-order valence-corrected chi connectivity index (χ2v) is 6.59. The number of carbonyl (C=O) groups excluding carboxylic acids is 2. The fraction of sp³-hybridized carbons (Fsp3) is 0.875. The topological polar surface area (TPSA) is 52.7 Å². The minimum atomic E-state index is 0.189. The van der Waals surface area contributed by atoms with Crippen molar-refractivity contribution < 1.29 is 9.59 Å². The summed E-state index contributed by atoms with van der Waals surface area (Å²) >= 11 is 0.